The number of hydrogen-bond acceptors (Lipinski definition) is 4. The van der Waals surface area contributed by atoms with Gasteiger partial charge in [-0.25, -0.2) is 0 Å². The van der Waals surface area contributed by atoms with Crippen molar-refractivity contribution in [3.05, 3.63) is 0 Å². The number of rotatable bonds is 15. The molecule has 24 heavy (non-hydrogen) atoms. The van der Waals surface area contributed by atoms with E-state index in [1.807, 2.05) is 7.05 Å². The van der Waals surface area contributed by atoms with Crippen molar-refractivity contribution in [2.45, 2.75) is 39.5 Å². The third kappa shape index (κ3) is 11.6. The van der Waals surface area contributed by atoms with Crippen molar-refractivity contribution in [3.8, 4) is 0 Å². The van der Waals surface area contributed by atoms with E-state index in [1.165, 1.54) is 19.3 Å². The molecule has 0 aromatic carbocycles. The van der Waals surface area contributed by atoms with Crippen LogP contribution in [-0.4, -0.2) is 77.2 Å². The average Bonchev–Trinajstić information content (AvgIpc) is 3.40. The minimum absolute atomic E-state index is 0.623. The number of aliphatic imine (C=N–C) groups is 1. The van der Waals surface area contributed by atoms with Gasteiger partial charge >= 0.3 is 0 Å². The van der Waals surface area contributed by atoms with E-state index in [9.17, 15) is 0 Å². The van der Waals surface area contributed by atoms with Crippen LogP contribution in [0.5, 0.6) is 0 Å². The number of ether oxygens (including phenoxy) is 3. The molecule has 0 aromatic heterocycles. The molecule has 0 unspecified atom stereocenters. The van der Waals surface area contributed by atoms with Crippen LogP contribution in [0.15, 0.2) is 4.99 Å². The van der Waals surface area contributed by atoms with Crippen LogP contribution in [0.1, 0.15) is 39.5 Å². The standard InChI is InChI=1S/C18H37N3O3/c1-4-6-11-22-14-15-23-12-9-20-18(19-5-2)21(3)10-13-24-16-17-7-8-17/h17H,4-16H2,1-3H3,(H,19,20). The Morgan fingerprint density at radius 3 is 2.46 bits per heavy atom. The van der Waals surface area contributed by atoms with Crippen molar-refractivity contribution in [1.82, 2.24) is 10.2 Å². The van der Waals surface area contributed by atoms with E-state index in [4.69, 9.17) is 14.2 Å². The van der Waals surface area contributed by atoms with Crippen LogP contribution in [0.25, 0.3) is 0 Å². The van der Waals surface area contributed by atoms with Gasteiger partial charge in [-0.05, 0) is 32.1 Å². The number of nitrogens with one attached hydrogen (secondary N) is 1. The fraction of sp³-hybridized carbons (Fsp3) is 0.944. The van der Waals surface area contributed by atoms with E-state index in [0.717, 1.165) is 51.2 Å². The molecule has 0 atom stereocenters. The third-order valence-corrected chi connectivity index (χ3v) is 3.83. The van der Waals surface area contributed by atoms with Crippen molar-refractivity contribution >= 4 is 5.96 Å². The van der Waals surface area contributed by atoms with E-state index in [1.54, 1.807) is 0 Å². The first kappa shape index (κ1) is 21.2. The van der Waals surface area contributed by atoms with E-state index < -0.39 is 0 Å². The fourth-order valence-electron chi connectivity index (χ4n) is 2.10. The van der Waals surface area contributed by atoms with Crippen LogP contribution in [0.3, 0.4) is 0 Å². The van der Waals surface area contributed by atoms with Gasteiger partial charge in [0.05, 0.1) is 33.0 Å². The highest BCUT2D eigenvalue weighted by Gasteiger charge is 2.21. The number of nitrogens with zero attached hydrogens (tertiary/aromatic N) is 2. The smallest absolute Gasteiger partial charge is 0.193 e. The molecule has 6 nitrogen and oxygen atoms in total. The molecule has 1 aliphatic carbocycles. The molecule has 0 saturated heterocycles. The first-order chi connectivity index (χ1) is 11.8. The molecule has 0 aromatic rings. The lowest BCUT2D eigenvalue weighted by atomic mass is 10.4. The van der Waals surface area contributed by atoms with E-state index >= 15 is 0 Å². The summed E-state index contributed by atoms with van der Waals surface area (Å²) >= 11 is 0. The van der Waals surface area contributed by atoms with Crippen molar-refractivity contribution in [2.75, 3.05) is 66.3 Å². The number of likely N-dealkylation sites (N-methyl/N-ethyl adjacent to an activating group) is 1. The van der Waals surface area contributed by atoms with Crippen LogP contribution in [-0.2, 0) is 14.2 Å². The summed E-state index contributed by atoms with van der Waals surface area (Å²) in [6, 6.07) is 0. The van der Waals surface area contributed by atoms with E-state index in [-0.39, 0.29) is 0 Å². The molecule has 0 radical (unpaired) electrons. The Morgan fingerprint density at radius 1 is 1.04 bits per heavy atom. The summed E-state index contributed by atoms with van der Waals surface area (Å²) in [6.45, 7) is 11.0. The molecule has 0 bridgehead atoms. The van der Waals surface area contributed by atoms with Crippen LogP contribution in [0.4, 0.5) is 0 Å². The normalized spacial score (nSPS) is 14.9. The van der Waals surface area contributed by atoms with Gasteiger partial charge < -0.3 is 24.4 Å². The average molecular weight is 344 g/mol. The largest absolute Gasteiger partial charge is 0.379 e. The Morgan fingerprint density at radius 2 is 1.79 bits per heavy atom. The molecular weight excluding hydrogens is 306 g/mol. The van der Waals surface area contributed by atoms with Gasteiger partial charge in [-0.1, -0.05) is 13.3 Å². The SMILES string of the molecule is CCCCOCCOCCN=C(NCC)N(C)CCOCC1CC1. The molecule has 0 spiro atoms. The van der Waals surface area contributed by atoms with Crippen molar-refractivity contribution in [2.24, 2.45) is 10.9 Å². The summed E-state index contributed by atoms with van der Waals surface area (Å²) in [5.74, 6) is 1.73. The summed E-state index contributed by atoms with van der Waals surface area (Å²) in [5, 5.41) is 3.31. The van der Waals surface area contributed by atoms with Gasteiger partial charge in [0, 0.05) is 33.4 Å². The lowest BCUT2D eigenvalue weighted by molar-refractivity contribution is 0.0497. The monoisotopic (exact) mass is 343 g/mol. The lowest BCUT2D eigenvalue weighted by Crippen LogP contribution is -2.40. The Balaban J connectivity index is 2.06. The summed E-state index contributed by atoms with van der Waals surface area (Å²) in [4.78, 5) is 6.71. The maximum Gasteiger partial charge on any atom is 0.193 e. The van der Waals surface area contributed by atoms with Crippen molar-refractivity contribution in [1.29, 1.82) is 0 Å². The molecule has 1 saturated carbocycles. The molecule has 0 heterocycles. The highest BCUT2D eigenvalue weighted by atomic mass is 16.5. The molecule has 1 fully saturated rings. The summed E-state index contributed by atoms with van der Waals surface area (Å²) < 4.78 is 16.7. The predicted octanol–water partition coefficient (Wildman–Crippen LogP) is 2.14. The lowest BCUT2D eigenvalue weighted by Gasteiger charge is -2.22. The van der Waals surface area contributed by atoms with Gasteiger partial charge in [0.2, 0.25) is 0 Å². The Kier molecular flexibility index (Phi) is 12.8. The maximum absolute atomic E-state index is 5.69. The molecule has 0 amide bonds. The van der Waals surface area contributed by atoms with E-state index in [0.29, 0.717) is 26.4 Å². The molecule has 1 aliphatic rings. The van der Waals surface area contributed by atoms with Crippen molar-refractivity contribution < 1.29 is 14.2 Å². The van der Waals surface area contributed by atoms with Crippen LogP contribution in [0.2, 0.25) is 0 Å². The molecule has 1 N–H and O–H groups in total. The van der Waals surface area contributed by atoms with Gasteiger partial charge in [0.1, 0.15) is 0 Å². The predicted molar refractivity (Wildman–Crippen MR) is 98.7 cm³/mol. The van der Waals surface area contributed by atoms with Gasteiger partial charge in [-0.15, -0.1) is 0 Å². The minimum Gasteiger partial charge on any atom is -0.379 e. The van der Waals surface area contributed by atoms with Gasteiger partial charge in [-0.2, -0.15) is 0 Å². The molecule has 142 valence electrons. The third-order valence-electron chi connectivity index (χ3n) is 3.83. The van der Waals surface area contributed by atoms with Gasteiger partial charge in [0.15, 0.2) is 5.96 Å². The fourth-order valence-corrected chi connectivity index (χ4v) is 2.10. The van der Waals surface area contributed by atoms with E-state index in [2.05, 4.69) is 29.1 Å². The van der Waals surface area contributed by atoms with Crippen LogP contribution < -0.4 is 5.32 Å². The second-order valence-electron chi connectivity index (χ2n) is 6.25. The molecule has 0 aliphatic heterocycles. The Hall–Kier alpha value is -0.850. The second-order valence-corrected chi connectivity index (χ2v) is 6.25. The summed E-state index contributed by atoms with van der Waals surface area (Å²) in [6.07, 6.45) is 4.96. The second kappa shape index (κ2) is 14.5. The number of unbranched alkanes of at least 4 members (excludes halogenated alkanes) is 1. The maximum atomic E-state index is 5.69. The summed E-state index contributed by atoms with van der Waals surface area (Å²) in [5.41, 5.74) is 0. The zero-order valence-electron chi connectivity index (χ0n) is 15.9. The highest BCUT2D eigenvalue weighted by molar-refractivity contribution is 5.79. The zero-order chi connectivity index (χ0) is 17.5. The number of hydrogen-bond donors (Lipinski definition) is 1. The van der Waals surface area contributed by atoms with Gasteiger partial charge in [0.25, 0.3) is 0 Å². The zero-order valence-corrected chi connectivity index (χ0v) is 15.9. The molecule has 1 rings (SSSR count). The molecular formula is C18H37N3O3. The van der Waals surface area contributed by atoms with Crippen LogP contribution >= 0.6 is 0 Å². The minimum atomic E-state index is 0.623. The first-order valence-electron chi connectivity index (χ1n) is 9.50. The van der Waals surface area contributed by atoms with Gasteiger partial charge in [-0.3, -0.25) is 4.99 Å². The van der Waals surface area contributed by atoms with Crippen LogP contribution in [0, 0.1) is 5.92 Å². The topological polar surface area (TPSA) is 55.3 Å². The summed E-state index contributed by atoms with van der Waals surface area (Å²) in [7, 11) is 2.05. The number of guanidine groups is 1. The Bertz CT molecular complexity index is 323. The molecule has 6 heteroatoms. The Labute approximate surface area is 147 Å². The quantitative estimate of drug-likeness (QED) is 0.280. The van der Waals surface area contributed by atoms with Crippen molar-refractivity contribution in [3.63, 3.8) is 0 Å². The highest BCUT2D eigenvalue weighted by Crippen LogP contribution is 2.28. The first-order valence-corrected chi connectivity index (χ1v) is 9.50.